The molecule has 1 aromatic rings. The number of amidine groups is 1. The number of aliphatic imine (C=N–C) groups is 1. The summed E-state index contributed by atoms with van der Waals surface area (Å²) in [6.07, 6.45) is 0. The van der Waals surface area contributed by atoms with Crippen molar-refractivity contribution in [3.8, 4) is 11.5 Å². The maximum Gasteiger partial charge on any atom is 0.244 e. The lowest BCUT2D eigenvalue weighted by Crippen LogP contribution is -2.37. The fraction of sp³-hybridized carbons (Fsp3) is 0.467. The number of carbonyl (C=O) groups excluding carboxylic acids is 1. The monoisotopic (exact) mass is 370 g/mol. The van der Waals surface area contributed by atoms with Crippen LogP contribution in [0.2, 0.25) is 0 Å². The highest BCUT2D eigenvalue weighted by Crippen LogP contribution is 2.42. The van der Waals surface area contributed by atoms with E-state index in [0.29, 0.717) is 16.7 Å². The predicted octanol–water partition coefficient (Wildman–Crippen LogP) is 1.33. The molecule has 0 aromatic heterocycles. The van der Waals surface area contributed by atoms with E-state index >= 15 is 0 Å². The van der Waals surface area contributed by atoms with Gasteiger partial charge in [0.25, 0.3) is 0 Å². The Hall–Kier alpha value is -1.74. The van der Waals surface area contributed by atoms with Gasteiger partial charge in [-0.2, -0.15) is 4.99 Å². The van der Waals surface area contributed by atoms with Gasteiger partial charge < -0.3 is 14.4 Å². The van der Waals surface area contributed by atoms with Gasteiger partial charge in [-0.15, -0.1) is 0 Å². The van der Waals surface area contributed by atoms with Crippen LogP contribution in [0.5, 0.6) is 11.5 Å². The number of carbonyl (C=O) groups is 1. The number of nitrogens with zero attached hydrogens (tertiary/aromatic N) is 2. The smallest absolute Gasteiger partial charge is 0.244 e. The van der Waals surface area contributed by atoms with Gasteiger partial charge in [0.1, 0.15) is 0 Å². The van der Waals surface area contributed by atoms with Crippen molar-refractivity contribution >= 4 is 38.4 Å². The summed E-state index contributed by atoms with van der Waals surface area (Å²) in [7, 11) is -0.00265. The summed E-state index contributed by atoms with van der Waals surface area (Å²) in [6.45, 7) is 1.38. The van der Waals surface area contributed by atoms with Gasteiger partial charge in [0.2, 0.25) is 5.91 Å². The SMILES string of the molecule is COc1ccc(N2C(=NC(C)=O)S[C@H]3CS(=O)(=O)C[C@H]32)cc1OC. The summed E-state index contributed by atoms with van der Waals surface area (Å²) >= 11 is 1.34. The molecule has 0 unspecified atom stereocenters. The number of thioether (sulfide) groups is 1. The molecule has 0 bridgehead atoms. The Bertz CT molecular complexity index is 806. The Morgan fingerprint density at radius 1 is 1.25 bits per heavy atom. The zero-order valence-electron chi connectivity index (χ0n) is 13.6. The van der Waals surface area contributed by atoms with Crippen molar-refractivity contribution in [2.45, 2.75) is 18.2 Å². The number of ether oxygens (including phenoxy) is 2. The molecule has 0 N–H and O–H groups in total. The van der Waals surface area contributed by atoms with Crippen LogP contribution in [0, 0.1) is 0 Å². The molecule has 7 nitrogen and oxygen atoms in total. The first-order valence-corrected chi connectivity index (χ1v) is 10.0. The number of amides is 1. The van der Waals surface area contributed by atoms with Crippen LogP contribution >= 0.6 is 11.8 Å². The van der Waals surface area contributed by atoms with Crippen LogP contribution in [0.1, 0.15) is 6.92 Å². The minimum atomic E-state index is -3.09. The van der Waals surface area contributed by atoms with E-state index in [2.05, 4.69) is 4.99 Å². The minimum absolute atomic E-state index is 0.0515. The Balaban J connectivity index is 2.05. The lowest BCUT2D eigenvalue weighted by atomic mass is 10.2. The molecule has 0 aliphatic carbocycles. The maximum atomic E-state index is 12.0. The lowest BCUT2D eigenvalue weighted by molar-refractivity contribution is -0.115. The van der Waals surface area contributed by atoms with Crippen LogP contribution < -0.4 is 14.4 Å². The number of anilines is 1. The molecule has 2 atom stereocenters. The molecule has 2 saturated heterocycles. The molecule has 0 spiro atoms. The number of benzene rings is 1. The van der Waals surface area contributed by atoms with Crippen LogP contribution in [-0.4, -0.2) is 56.5 Å². The average molecular weight is 370 g/mol. The fourth-order valence-electron chi connectivity index (χ4n) is 2.98. The van der Waals surface area contributed by atoms with Gasteiger partial charge in [-0.25, -0.2) is 8.42 Å². The summed E-state index contributed by atoms with van der Waals surface area (Å²) in [5.74, 6) is 0.949. The third-order valence-corrected chi connectivity index (χ3v) is 7.17. The number of hydrogen-bond acceptors (Lipinski definition) is 6. The fourth-order valence-corrected chi connectivity index (χ4v) is 6.93. The first-order chi connectivity index (χ1) is 11.3. The first-order valence-electron chi connectivity index (χ1n) is 7.32. The van der Waals surface area contributed by atoms with Crippen LogP contribution in [0.3, 0.4) is 0 Å². The number of fused-ring (bicyclic) bond motifs is 1. The second kappa shape index (κ2) is 6.29. The summed E-state index contributed by atoms with van der Waals surface area (Å²) in [4.78, 5) is 17.3. The van der Waals surface area contributed by atoms with Gasteiger partial charge in [0.05, 0.1) is 31.8 Å². The summed E-state index contributed by atoms with van der Waals surface area (Å²) in [6, 6.07) is 5.09. The molecule has 9 heteroatoms. The summed E-state index contributed by atoms with van der Waals surface area (Å²) < 4.78 is 34.5. The van der Waals surface area contributed by atoms with Crippen molar-refractivity contribution in [1.29, 1.82) is 0 Å². The Morgan fingerprint density at radius 2 is 1.96 bits per heavy atom. The van der Waals surface area contributed by atoms with Gasteiger partial charge in [0, 0.05) is 23.9 Å². The third kappa shape index (κ3) is 3.10. The van der Waals surface area contributed by atoms with Gasteiger partial charge in [-0.1, -0.05) is 11.8 Å². The van der Waals surface area contributed by atoms with Gasteiger partial charge in [-0.05, 0) is 12.1 Å². The first kappa shape index (κ1) is 17.1. The highest BCUT2D eigenvalue weighted by atomic mass is 32.2. The average Bonchev–Trinajstić information content (AvgIpc) is 2.96. The van der Waals surface area contributed by atoms with E-state index < -0.39 is 9.84 Å². The number of methoxy groups -OCH3 is 2. The Kier molecular flexibility index (Phi) is 4.48. The third-order valence-electron chi connectivity index (χ3n) is 3.96. The molecular weight excluding hydrogens is 352 g/mol. The molecule has 2 fully saturated rings. The van der Waals surface area contributed by atoms with E-state index in [1.807, 2.05) is 11.0 Å². The van der Waals surface area contributed by atoms with Crippen LogP contribution in [0.4, 0.5) is 5.69 Å². The second-order valence-electron chi connectivity index (χ2n) is 5.62. The van der Waals surface area contributed by atoms with Crippen LogP contribution in [-0.2, 0) is 14.6 Å². The van der Waals surface area contributed by atoms with E-state index in [0.717, 1.165) is 5.69 Å². The van der Waals surface area contributed by atoms with Crippen molar-refractivity contribution in [2.75, 3.05) is 30.6 Å². The standard InChI is InChI=1S/C15H18N2O5S2/c1-9(18)16-15-17(11-7-24(19,20)8-14(11)23-15)10-4-5-12(21-2)13(6-10)22-3/h4-6,11,14H,7-8H2,1-3H3/t11-,14+/m1/s1. The van der Waals surface area contributed by atoms with Crippen LogP contribution in [0.15, 0.2) is 23.2 Å². The number of sulfone groups is 1. The van der Waals surface area contributed by atoms with Crippen molar-refractivity contribution < 1.29 is 22.7 Å². The zero-order chi connectivity index (χ0) is 17.5. The molecule has 2 heterocycles. The summed E-state index contributed by atoms with van der Waals surface area (Å²) in [5, 5.41) is 0.404. The molecule has 0 radical (unpaired) electrons. The normalized spacial score (nSPS) is 26.5. The molecule has 130 valence electrons. The highest BCUT2D eigenvalue weighted by Gasteiger charge is 2.49. The van der Waals surface area contributed by atoms with E-state index in [1.54, 1.807) is 19.2 Å². The molecule has 3 rings (SSSR count). The molecule has 24 heavy (non-hydrogen) atoms. The van der Waals surface area contributed by atoms with E-state index in [-0.39, 0.29) is 28.7 Å². The molecule has 1 aromatic carbocycles. The van der Waals surface area contributed by atoms with Crippen molar-refractivity contribution in [3.05, 3.63) is 18.2 Å². The maximum absolute atomic E-state index is 12.0. The molecular formula is C15H18N2O5S2. The highest BCUT2D eigenvalue weighted by molar-refractivity contribution is 8.16. The number of rotatable bonds is 3. The quantitative estimate of drug-likeness (QED) is 0.793. The zero-order valence-corrected chi connectivity index (χ0v) is 15.2. The molecule has 2 aliphatic heterocycles. The predicted molar refractivity (Wildman–Crippen MR) is 94.0 cm³/mol. The largest absolute Gasteiger partial charge is 0.493 e. The second-order valence-corrected chi connectivity index (χ2v) is 8.98. The van der Waals surface area contributed by atoms with E-state index in [4.69, 9.17) is 9.47 Å². The Labute approximate surface area is 144 Å². The van der Waals surface area contributed by atoms with E-state index in [9.17, 15) is 13.2 Å². The topological polar surface area (TPSA) is 85.3 Å². The lowest BCUT2D eigenvalue weighted by Gasteiger charge is -2.25. The van der Waals surface area contributed by atoms with Crippen molar-refractivity contribution in [3.63, 3.8) is 0 Å². The van der Waals surface area contributed by atoms with E-state index in [1.165, 1.54) is 25.8 Å². The van der Waals surface area contributed by atoms with Gasteiger partial charge >= 0.3 is 0 Å². The molecule has 0 saturated carbocycles. The minimum Gasteiger partial charge on any atom is -0.493 e. The van der Waals surface area contributed by atoms with Crippen molar-refractivity contribution in [2.24, 2.45) is 4.99 Å². The number of hydrogen-bond donors (Lipinski definition) is 0. The van der Waals surface area contributed by atoms with Crippen LogP contribution in [0.25, 0.3) is 0 Å². The molecule has 1 amide bonds. The molecule has 2 aliphatic rings. The van der Waals surface area contributed by atoms with Gasteiger partial charge in [0.15, 0.2) is 26.5 Å². The summed E-state index contributed by atoms with van der Waals surface area (Å²) in [5.41, 5.74) is 0.727. The van der Waals surface area contributed by atoms with Crippen molar-refractivity contribution in [1.82, 2.24) is 0 Å². The Morgan fingerprint density at radius 3 is 2.58 bits per heavy atom. The van der Waals surface area contributed by atoms with Gasteiger partial charge in [-0.3, -0.25) is 4.79 Å².